The third-order valence-electron chi connectivity index (χ3n) is 4.54. The van der Waals surface area contributed by atoms with E-state index < -0.39 is 0 Å². The molecule has 3 saturated heterocycles. The summed E-state index contributed by atoms with van der Waals surface area (Å²) in [4.78, 5) is 14.4. The molecular weight excluding hydrogens is 252 g/mol. The van der Waals surface area contributed by atoms with Crippen LogP contribution in [0.2, 0.25) is 0 Å². The molecule has 4 nitrogen and oxygen atoms in total. The van der Waals surface area contributed by atoms with Gasteiger partial charge in [-0.1, -0.05) is 0 Å². The summed E-state index contributed by atoms with van der Waals surface area (Å²) < 4.78 is 5.60. The topological polar surface area (TPSA) is 41.6 Å². The second-order valence-electron chi connectivity index (χ2n) is 5.79. The Morgan fingerprint density at radius 3 is 2.89 bits per heavy atom. The molecule has 2 atom stereocenters. The highest BCUT2D eigenvalue weighted by Crippen LogP contribution is 2.36. The number of carbonyl (C=O) groups is 1. The summed E-state index contributed by atoms with van der Waals surface area (Å²) in [5, 5.41) is 3.42. The third kappa shape index (κ3) is 2.65. The van der Waals surface area contributed by atoms with Crippen molar-refractivity contribution >= 4 is 18.3 Å². The van der Waals surface area contributed by atoms with Gasteiger partial charge in [0.05, 0.1) is 0 Å². The Morgan fingerprint density at radius 1 is 1.33 bits per heavy atom. The van der Waals surface area contributed by atoms with Gasteiger partial charge in [0.1, 0.15) is 6.10 Å². The number of carbonyl (C=O) groups excluding carboxylic acids is 1. The zero-order chi connectivity index (χ0) is 11.7. The summed E-state index contributed by atoms with van der Waals surface area (Å²) in [6.45, 7) is 4.83. The van der Waals surface area contributed by atoms with Crippen LogP contribution >= 0.6 is 12.4 Å². The highest BCUT2D eigenvalue weighted by Gasteiger charge is 2.43. The molecule has 0 aromatic rings. The lowest BCUT2D eigenvalue weighted by atomic mass is 9.86. The first-order valence-electron chi connectivity index (χ1n) is 6.90. The minimum Gasteiger partial charge on any atom is -0.368 e. The fraction of sp³-hybridized carbons (Fsp3) is 0.923. The van der Waals surface area contributed by atoms with Crippen LogP contribution < -0.4 is 5.32 Å². The van der Waals surface area contributed by atoms with Gasteiger partial charge in [0.2, 0.25) is 0 Å². The molecule has 1 N–H and O–H groups in total. The van der Waals surface area contributed by atoms with Crippen LogP contribution in [0.15, 0.2) is 0 Å². The molecule has 3 fully saturated rings. The van der Waals surface area contributed by atoms with Crippen molar-refractivity contribution in [3.63, 3.8) is 0 Å². The summed E-state index contributed by atoms with van der Waals surface area (Å²) in [6.07, 6.45) is 5.41. The van der Waals surface area contributed by atoms with Crippen molar-refractivity contribution in [3.05, 3.63) is 0 Å². The number of rotatable bonds is 1. The van der Waals surface area contributed by atoms with Crippen molar-refractivity contribution < 1.29 is 9.53 Å². The molecule has 0 saturated carbocycles. The first kappa shape index (κ1) is 14.1. The van der Waals surface area contributed by atoms with Crippen molar-refractivity contribution in [3.8, 4) is 0 Å². The lowest BCUT2D eigenvalue weighted by Crippen LogP contribution is -2.42. The molecule has 0 bridgehead atoms. The standard InChI is InChI=1S/C13H22N2O2.ClH/c16-12(11-3-1-2-8-17-11)15-7-5-13(10-15)4-6-14-9-13;/h11,14H,1-10H2;1H. The van der Waals surface area contributed by atoms with E-state index in [1.807, 2.05) is 4.90 Å². The minimum atomic E-state index is -0.145. The van der Waals surface area contributed by atoms with Gasteiger partial charge in [-0.25, -0.2) is 0 Å². The van der Waals surface area contributed by atoms with Gasteiger partial charge in [-0.2, -0.15) is 0 Å². The van der Waals surface area contributed by atoms with Gasteiger partial charge >= 0.3 is 0 Å². The Labute approximate surface area is 115 Å². The van der Waals surface area contributed by atoms with E-state index in [9.17, 15) is 4.79 Å². The van der Waals surface area contributed by atoms with Gasteiger partial charge in [-0.05, 0) is 38.6 Å². The Bertz CT molecular complexity index is 299. The number of ether oxygens (including phenoxy) is 1. The van der Waals surface area contributed by atoms with Crippen molar-refractivity contribution in [1.29, 1.82) is 0 Å². The van der Waals surface area contributed by atoms with E-state index in [1.54, 1.807) is 0 Å². The summed E-state index contributed by atoms with van der Waals surface area (Å²) >= 11 is 0. The Balaban J connectivity index is 0.00000120. The number of nitrogens with one attached hydrogen (secondary N) is 1. The molecule has 0 aromatic carbocycles. The minimum absolute atomic E-state index is 0. The smallest absolute Gasteiger partial charge is 0.251 e. The quantitative estimate of drug-likeness (QED) is 0.781. The van der Waals surface area contributed by atoms with Crippen molar-refractivity contribution in [2.75, 3.05) is 32.8 Å². The summed E-state index contributed by atoms with van der Waals surface area (Å²) in [6, 6.07) is 0. The monoisotopic (exact) mass is 274 g/mol. The predicted octanol–water partition coefficient (Wildman–Crippen LogP) is 1.19. The fourth-order valence-corrected chi connectivity index (χ4v) is 3.41. The normalized spacial score (nSPS) is 35.8. The largest absolute Gasteiger partial charge is 0.368 e. The van der Waals surface area contributed by atoms with Gasteiger partial charge in [-0.15, -0.1) is 12.4 Å². The molecule has 0 aliphatic carbocycles. The maximum Gasteiger partial charge on any atom is 0.251 e. The van der Waals surface area contributed by atoms with Gasteiger partial charge < -0.3 is 15.0 Å². The molecule has 5 heteroatoms. The van der Waals surface area contributed by atoms with Crippen molar-refractivity contribution in [1.82, 2.24) is 10.2 Å². The molecule has 3 heterocycles. The SMILES string of the molecule is Cl.O=C(C1CCCCO1)N1CCC2(CCNC2)C1. The van der Waals surface area contributed by atoms with Gasteiger partial charge in [0.25, 0.3) is 5.91 Å². The molecule has 1 amide bonds. The van der Waals surface area contributed by atoms with Crippen LogP contribution in [0.25, 0.3) is 0 Å². The number of halogens is 1. The van der Waals surface area contributed by atoms with E-state index in [1.165, 1.54) is 12.8 Å². The molecule has 3 aliphatic rings. The molecule has 104 valence electrons. The van der Waals surface area contributed by atoms with E-state index in [2.05, 4.69) is 5.32 Å². The molecule has 0 radical (unpaired) electrons. The number of hydrogen-bond donors (Lipinski definition) is 1. The average Bonchev–Trinajstić information content (AvgIpc) is 3.01. The molecular formula is C13H23ClN2O2. The van der Waals surface area contributed by atoms with Crippen LogP contribution in [0.5, 0.6) is 0 Å². The average molecular weight is 275 g/mol. The van der Waals surface area contributed by atoms with Crippen LogP contribution in [-0.4, -0.2) is 49.7 Å². The van der Waals surface area contributed by atoms with Crippen LogP contribution in [0.1, 0.15) is 32.1 Å². The van der Waals surface area contributed by atoms with E-state index >= 15 is 0 Å². The predicted molar refractivity (Wildman–Crippen MR) is 72.0 cm³/mol. The van der Waals surface area contributed by atoms with Crippen molar-refractivity contribution in [2.45, 2.75) is 38.2 Å². The van der Waals surface area contributed by atoms with E-state index in [0.29, 0.717) is 5.41 Å². The fourth-order valence-electron chi connectivity index (χ4n) is 3.41. The number of hydrogen-bond acceptors (Lipinski definition) is 3. The van der Waals surface area contributed by atoms with Crippen LogP contribution in [-0.2, 0) is 9.53 Å². The van der Waals surface area contributed by atoms with Gasteiger partial charge in [-0.3, -0.25) is 4.79 Å². The number of nitrogens with zero attached hydrogens (tertiary/aromatic N) is 1. The number of likely N-dealkylation sites (tertiary alicyclic amines) is 1. The molecule has 2 unspecified atom stereocenters. The van der Waals surface area contributed by atoms with Crippen LogP contribution in [0, 0.1) is 5.41 Å². The summed E-state index contributed by atoms with van der Waals surface area (Å²) in [5.41, 5.74) is 0.379. The van der Waals surface area contributed by atoms with Gasteiger partial charge in [0, 0.05) is 31.7 Å². The second-order valence-corrected chi connectivity index (χ2v) is 5.79. The Hall–Kier alpha value is -0.320. The summed E-state index contributed by atoms with van der Waals surface area (Å²) in [5.74, 6) is 0.244. The zero-order valence-electron chi connectivity index (χ0n) is 10.8. The Kier molecular flexibility index (Phi) is 4.51. The maximum atomic E-state index is 12.3. The molecule has 18 heavy (non-hydrogen) atoms. The third-order valence-corrected chi connectivity index (χ3v) is 4.54. The second kappa shape index (κ2) is 5.76. The van der Waals surface area contributed by atoms with E-state index in [-0.39, 0.29) is 24.4 Å². The zero-order valence-corrected chi connectivity index (χ0v) is 11.6. The van der Waals surface area contributed by atoms with Crippen LogP contribution in [0.4, 0.5) is 0 Å². The first-order valence-corrected chi connectivity index (χ1v) is 6.90. The Morgan fingerprint density at radius 2 is 2.22 bits per heavy atom. The molecule has 3 rings (SSSR count). The van der Waals surface area contributed by atoms with E-state index in [0.717, 1.165) is 52.0 Å². The number of amides is 1. The highest BCUT2D eigenvalue weighted by atomic mass is 35.5. The highest BCUT2D eigenvalue weighted by molar-refractivity contribution is 5.85. The first-order chi connectivity index (χ1) is 8.29. The molecule has 0 aromatic heterocycles. The lowest BCUT2D eigenvalue weighted by Gasteiger charge is -2.28. The van der Waals surface area contributed by atoms with Crippen LogP contribution in [0.3, 0.4) is 0 Å². The summed E-state index contributed by atoms with van der Waals surface area (Å²) in [7, 11) is 0. The lowest BCUT2D eigenvalue weighted by molar-refractivity contribution is -0.145. The van der Waals surface area contributed by atoms with Crippen molar-refractivity contribution in [2.24, 2.45) is 5.41 Å². The van der Waals surface area contributed by atoms with E-state index in [4.69, 9.17) is 4.74 Å². The van der Waals surface area contributed by atoms with Gasteiger partial charge in [0.15, 0.2) is 0 Å². The molecule has 3 aliphatic heterocycles. The molecule has 1 spiro atoms. The maximum absolute atomic E-state index is 12.3.